The van der Waals surface area contributed by atoms with E-state index in [0.29, 0.717) is 12.1 Å². The zero-order valence-corrected chi connectivity index (χ0v) is 11.0. The molecule has 96 valence electrons. The molecule has 0 unspecified atom stereocenters. The molecule has 2 N–H and O–H groups in total. The van der Waals surface area contributed by atoms with Crippen molar-refractivity contribution < 1.29 is 4.74 Å². The van der Waals surface area contributed by atoms with Gasteiger partial charge in [-0.2, -0.15) is 0 Å². The fourth-order valence-electron chi connectivity index (χ4n) is 2.33. The van der Waals surface area contributed by atoms with Gasteiger partial charge in [-0.1, -0.05) is 13.8 Å². The maximum Gasteiger partial charge on any atom is 0.0576 e. The first-order valence-electron chi connectivity index (χ1n) is 6.85. The van der Waals surface area contributed by atoms with Crippen LogP contribution in [0.1, 0.15) is 46.0 Å². The molecule has 1 aliphatic carbocycles. The quantitative estimate of drug-likeness (QED) is 0.677. The van der Waals surface area contributed by atoms with Crippen LogP contribution in [0.3, 0.4) is 0 Å². The van der Waals surface area contributed by atoms with Gasteiger partial charge in [0.1, 0.15) is 0 Å². The van der Waals surface area contributed by atoms with Gasteiger partial charge < -0.3 is 15.4 Å². The van der Waals surface area contributed by atoms with E-state index in [9.17, 15) is 0 Å². The summed E-state index contributed by atoms with van der Waals surface area (Å²) in [5.41, 5.74) is 5.87. The van der Waals surface area contributed by atoms with E-state index in [2.05, 4.69) is 18.7 Å². The van der Waals surface area contributed by atoms with Crippen LogP contribution >= 0.6 is 0 Å². The molecule has 1 saturated carbocycles. The first-order valence-corrected chi connectivity index (χ1v) is 6.85. The third kappa shape index (κ3) is 5.28. The predicted octanol–water partition coefficient (Wildman–Crippen LogP) is 2.00. The number of nitrogens with two attached hydrogens (primary N) is 1. The normalized spacial score (nSPS) is 26.2. The van der Waals surface area contributed by atoms with Gasteiger partial charge >= 0.3 is 0 Å². The minimum atomic E-state index is 0.426. The average molecular weight is 228 g/mol. The molecule has 0 bridgehead atoms. The molecule has 0 heterocycles. The van der Waals surface area contributed by atoms with E-state index in [4.69, 9.17) is 10.5 Å². The predicted molar refractivity (Wildman–Crippen MR) is 68.6 cm³/mol. The molecule has 0 saturated heterocycles. The summed E-state index contributed by atoms with van der Waals surface area (Å²) in [5.74, 6) is 0. The summed E-state index contributed by atoms with van der Waals surface area (Å²) in [5, 5.41) is 0. The highest BCUT2D eigenvalue weighted by atomic mass is 16.5. The van der Waals surface area contributed by atoms with E-state index in [1.54, 1.807) is 0 Å². The van der Waals surface area contributed by atoms with Crippen LogP contribution in [-0.4, -0.2) is 43.3 Å². The molecule has 16 heavy (non-hydrogen) atoms. The number of nitrogens with zero attached hydrogens (tertiary/aromatic N) is 1. The second-order valence-electron chi connectivity index (χ2n) is 4.79. The van der Waals surface area contributed by atoms with Crippen molar-refractivity contribution in [2.45, 2.75) is 58.1 Å². The molecule has 0 aliphatic heterocycles. The van der Waals surface area contributed by atoms with Crippen LogP contribution in [0.5, 0.6) is 0 Å². The summed E-state index contributed by atoms with van der Waals surface area (Å²) in [6.45, 7) is 8.80. The van der Waals surface area contributed by atoms with Crippen LogP contribution in [0.15, 0.2) is 0 Å². The summed E-state index contributed by atoms with van der Waals surface area (Å²) in [6.07, 6.45) is 6.24. The Hall–Kier alpha value is -0.120. The highest BCUT2D eigenvalue weighted by Crippen LogP contribution is 2.19. The summed E-state index contributed by atoms with van der Waals surface area (Å²) in [6, 6.07) is 0.426. The first kappa shape index (κ1) is 13.9. The molecule has 3 heteroatoms. The second-order valence-corrected chi connectivity index (χ2v) is 4.79. The maximum atomic E-state index is 5.89. The maximum absolute atomic E-state index is 5.89. The summed E-state index contributed by atoms with van der Waals surface area (Å²) in [4.78, 5) is 2.44. The van der Waals surface area contributed by atoms with Crippen LogP contribution in [0.4, 0.5) is 0 Å². The van der Waals surface area contributed by atoms with Gasteiger partial charge in [-0.3, -0.25) is 0 Å². The van der Waals surface area contributed by atoms with Gasteiger partial charge in [0.15, 0.2) is 0 Å². The third-order valence-corrected chi connectivity index (χ3v) is 3.59. The standard InChI is InChI=1S/C13H28N2O/c1-3-15(4-2)10-5-11-16-13-8-6-12(14)7-9-13/h12-13H,3-11,14H2,1-2H3. The Bertz CT molecular complexity index is 163. The Labute approximate surface area is 100 Å². The zero-order valence-electron chi connectivity index (χ0n) is 11.0. The van der Waals surface area contributed by atoms with Crippen LogP contribution in [0, 0.1) is 0 Å². The Morgan fingerprint density at radius 3 is 2.31 bits per heavy atom. The number of ether oxygens (including phenoxy) is 1. The highest BCUT2D eigenvalue weighted by molar-refractivity contribution is 4.74. The van der Waals surface area contributed by atoms with Crippen molar-refractivity contribution in [3.05, 3.63) is 0 Å². The Kier molecular flexibility index (Phi) is 7.01. The van der Waals surface area contributed by atoms with E-state index < -0.39 is 0 Å². The lowest BCUT2D eigenvalue weighted by Crippen LogP contribution is -2.31. The van der Waals surface area contributed by atoms with Crippen molar-refractivity contribution >= 4 is 0 Å². The zero-order chi connectivity index (χ0) is 11.8. The lowest BCUT2D eigenvalue weighted by atomic mass is 9.94. The lowest BCUT2D eigenvalue weighted by molar-refractivity contribution is 0.0208. The highest BCUT2D eigenvalue weighted by Gasteiger charge is 2.18. The van der Waals surface area contributed by atoms with Gasteiger partial charge in [0.25, 0.3) is 0 Å². The number of hydrogen-bond donors (Lipinski definition) is 1. The first-order chi connectivity index (χ1) is 7.76. The van der Waals surface area contributed by atoms with Gasteiger partial charge in [0.2, 0.25) is 0 Å². The molecule has 0 radical (unpaired) electrons. The monoisotopic (exact) mass is 228 g/mol. The summed E-state index contributed by atoms with van der Waals surface area (Å²) in [7, 11) is 0. The van der Waals surface area contributed by atoms with Gasteiger partial charge in [0, 0.05) is 19.2 Å². The summed E-state index contributed by atoms with van der Waals surface area (Å²) < 4.78 is 5.89. The van der Waals surface area contributed by atoms with Crippen molar-refractivity contribution in [3.63, 3.8) is 0 Å². The van der Waals surface area contributed by atoms with Crippen LogP contribution in [0.2, 0.25) is 0 Å². The van der Waals surface area contributed by atoms with E-state index in [1.807, 2.05) is 0 Å². The third-order valence-electron chi connectivity index (χ3n) is 3.59. The molecule has 0 atom stereocenters. The van der Waals surface area contributed by atoms with E-state index in [-0.39, 0.29) is 0 Å². The van der Waals surface area contributed by atoms with E-state index >= 15 is 0 Å². The largest absolute Gasteiger partial charge is 0.378 e. The molecule has 0 aromatic rings. The topological polar surface area (TPSA) is 38.5 Å². The molecular formula is C13H28N2O. The molecular weight excluding hydrogens is 200 g/mol. The minimum absolute atomic E-state index is 0.426. The lowest BCUT2D eigenvalue weighted by Gasteiger charge is -2.26. The molecule has 0 aromatic carbocycles. The molecule has 0 spiro atoms. The fourth-order valence-corrected chi connectivity index (χ4v) is 2.33. The number of rotatable bonds is 7. The fraction of sp³-hybridized carbons (Fsp3) is 1.00. The molecule has 0 aromatic heterocycles. The van der Waals surface area contributed by atoms with Crippen LogP contribution in [0.25, 0.3) is 0 Å². The smallest absolute Gasteiger partial charge is 0.0576 e. The Balaban J connectivity index is 1.98. The Morgan fingerprint density at radius 2 is 1.75 bits per heavy atom. The van der Waals surface area contributed by atoms with Crippen molar-refractivity contribution in [3.8, 4) is 0 Å². The van der Waals surface area contributed by atoms with Crippen molar-refractivity contribution in [1.29, 1.82) is 0 Å². The van der Waals surface area contributed by atoms with E-state index in [1.165, 1.54) is 6.54 Å². The molecule has 1 rings (SSSR count). The molecule has 0 amide bonds. The van der Waals surface area contributed by atoms with Crippen molar-refractivity contribution in [2.24, 2.45) is 5.73 Å². The van der Waals surface area contributed by atoms with Gasteiger partial charge in [-0.05, 0) is 45.2 Å². The second kappa shape index (κ2) is 8.04. The Morgan fingerprint density at radius 1 is 1.12 bits per heavy atom. The van der Waals surface area contributed by atoms with Gasteiger partial charge in [0.05, 0.1) is 6.10 Å². The van der Waals surface area contributed by atoms with E-state index in [0.717, 1.165) is 51.8 Å². The molecule has 1 aliphatic rings. The van der Waals surface area contributed by atoms with Crippen LogP contribution in [-0.2, 0) is 4.74 Å². The average Bonchev–Trinajstić information content (AvgIpc) is 2.32. The van der Waals surface area contributed by atoms with Gasteiger partial charge in [-0.25, -0.2) is 0 Å². The van der Waals surface area contributed by atoms with Crippen molar-refractivity contribution in [2.75, 3.05) is 26.2 Å². The minimum Gasteiger partial charge on any atom is -0.378 e. The van der Waals surface area contributed by atoms with Crippen LogP contribution < -0.4 is 5.73 Å². The van der Waals surface area contributed by atoms with Gasteiger partial charge in [-0.15, -0.1) is 0 Å². The molecule has 1 fully saturated rings. The van der Waals surface area contributed by atoms with Crippen molar-refractivity contribution in [1.82, 2.24) is 4.90 Å². The number of hydrogen-bond acceptors (Lipinski definition) is 3. The SMILES string of the molecule is CCN(CC)CCCOC1CCC(N)CC1. The molecule has 3 nitrogen and oxygen atoms in total. The summed E-state index contributed by atoms with van der Waals surface area (Å²) >= 11 is 0.